The highest BCUT2D eigenvalue weighted by molar-refractivity contribution is 5.93. The average Bonchev–Trinajstić information content (AvgIpc) is 3.22. The molecule has 1 aliphatic rings. The van der Waals surface area contributed by atoms with E-state index in [1.165, 1.54) is 23.0 Å². The SMILES string of the molecule is N#Cc1cnn(-c2ccccc2)c1NC(=O)CNC1(c2ccc(F)cc2)CCOCC1. The van der Waals surface area contributed by atoms with Crippen LogP contribution in [0.4, 0.5) is 10.2 Å². The Balaban J connectivity index is 1.52. The van der Waals surface area contributed by atoms with E-state index in [0.717, 1.165) is 11.3 Å². The Morgan fingerprint density at radius 3 is 2.55 bits per heavy atom. The molecule has 0 radical (unpaired) electrons. The Morgan fingerprint density at radius 2 is 1.87 bits per heavy atom. The molecule has 4 rings (SSSR count). The van der Waals surface area contributed by atoms with Crippen molar-refractivity contribution in [3.8, 4) is 11.8 Å². The van der Waals surface area contributed by atoms with Gasteiger partial charge in [-0.15, -0.1) is 0 Å². The third-order valence-electron chi connectivity index (χ3n) is 5.48. The lowest BCUT2D eigenvalue weighted by Crippen LogP contribution is -2.49. The summed E-state index contributed by atoms with van der Waals surface area (Å²) in [6.45, 7) is 1.11. The van der Waals surface area contributed by atoms with E-state index in [2.05, 4.69) is 21.8 Å². The first-order valence-corrected chi connectivity index (χ1v) is 10.0. The van der Waals surface area contributed by atoms with E-state index < -0.39 is 5.54 Å². The number of hydrogen-bond donors (Lipinski definition) is 2. The number of halogens is 1. The number of ether oxygens (including phenoxy) is 1. The Labute approximate surface area is 179 Å². The summed E-state index contributed by atoms with van der Waals surface area (Å²) in [6, 6.07) is 17.7. The highest BCUT2D eigenvalue weighted by Crippen LogP contribution is 2.32. The number of para-hydroxylation sites is 1. The van der Waals surface area contributed by atoms with Crippen molar-refractivity contribution in [3.05, 3.63) is 77.7 Å². The summed E-state index contributed by atoms with van der Waals surface area (Å²) >= 11 is 0. The second-order valence-electron chi connectivity index (χ2n) is 7.37. The number of nitriles is 1. The summed E-state index contributed by atoms with van der Waals surface area (Å²) in [5, 5.41) is 19.8. The van der Waals surface area contributed by atoms with E-state index in [9.17, 15) is 14.4 Å². The molecule has 2 aromatic carbocycles. The van der Waals surface area contributed by atoms with Crippen LogP contribution in [0, 0.1) is 17.1 Å². The maximum absolute atomic E-state index is 13.4. The molecule has 7 nitrogen and oxygen atoms in total. The molecular formula is C23H22FN5O2. The van der Waals surface area contributed by atoms with Crippen LogP contribution in [0.2, 0.25) is 0 Å². The van der Waals surface area contributed by atoms with Gasteiger partial charge in [0.2, 0.25) is 5.91 Å². The molecule has 1 amide bonds. The molecule has 158 valence electrons. The van der Waals surface area contributed by atoms with Gasteiger partial charge < -0.3 is 10.1 Å². The lowest BCUT2D eigenvalue weighted by molar-refractivity contribution is -0.116. The summed E-state index contributed by atoms with van der Waals surface area (Å²) in [5.74, 6) is -0.285. The average molecular weight is 419 g/mol. The zero-order chi connectivity index (χ0) is 21.7. The van der Waals surface area contributed by atoms with E-state index in [0.29, 0.717) is 31.9 Å². The monoisotopic (exact) mass is 419 g/mol. The molecule has 2 heterocycles. The first-order chi connectivity index (χ1) is 15.1. The highest BCUT2D eigenvalue weighted by Gasteiger charge is 2.34. The summed E-state index contributed by atoms with van der Waals surface area (Å²) in [5.41, 5.74) is 1.44. The maximum Gasteiger partial charge on any atom is 0.239 e. The first-order valence-electron chi connectivity index (χ1n) is 10.0. The molecule has 1 fully saturated rings. The Hall–Kier alpha value is -3.54. The normalized spacial score (nSPS) is 15.2. The summed E-state index contributed by atoms with van der Waals surface area (Å²) in [4.78, 5) is 12.8. The minimum Gasteiger partial charge on any atom is -0.381 e. The number of nitrogens with zero attached hydrogens (tertiary/aromatic N) is 3. The minimum atomic E-state index is -0.485. The Morgan fingerprint density at radius 1 is 1.16 bits per heavy atom. The Kier molecular flexibility index (Phi) is 6.07. The topological polar surface area (TPSA) is 92.0 Å². The number of nitrogens with one attached hydrogen (secondary N) is 2. The van der Waals surface area contributed by atoms with Gasteiger partial charge in [0.05, 0.1) is 18.4 Å². The zero-order valence-electron chi connectivity index (χ0n) is 16.8. The zero-order valence-corrected chi connectivity index (χ0v) is 16.8. The maximum atomic E-state index is 13.4. The van der Waals surface area contributed by atoms with Gasteiger partial charge in [-0.3, -0.25) is 10.1 Å². The van der Waals surface area contributed by atoms with Crippen LogP contribution in [0.3, 0.4) is 0 Å². The van der Waals surface area contributed by atoms with Crippen LogP contribution in [0.25, 0.3) is 5.69 Å². The number of carbonyl (C=O) groups is 1. The van der Waals surface area contributed by atoms with E-state index in [1.54, 1.807) is 12.1 Å². The van der Waals surface area contributed by atoms with E-state index in [4.69, 9.17) is 4.74 Å². The lowest BCUT2D eigenvalue weighted by atomic mass is 9.82. The molecule has 0 unspecified atom stereocenters. The van der Waals surface area contributed by atoms with Gasteiger partial charge in [0.15, 0.2) is 5.82 Å². The van der Waals surface area contributed by atoms with Crippen molar-refractivity contribution in [2.75, 3.05) is 25.1 Å². The van der Waals surface area contributed by atoms with Gasteiger partial charge in [0, 0.05) is 18.8 Å². The van der Waals surface area contributed by atoms with Crippen molar-refractivity contribution < 1.29 is 13.9 Å². The molecular weight excluding hydrogens is 397 g/mol. The van der Waals surface area contributed by atoms with Crippen molar-refractivity contribution in [2.24, 2.45) is 0 Å². The molecule has 8 heteroatoms. The van der Waals surface area contributed by atoms with Crippen molar-refractivity contribution in [3.63, 3.8) is 0 Å². The number of aromatic nitrogens is 2. The van der Waals surface area contributed by atoms with Crippen LogP contribution >= 0.6 is 0 Å². The molecule has 2 N–H and O–H groups in total. The number of anilines is 1. The lowest BCUT2D eigenvalue weighted by Gasteiger charge is -2.38. The molecule has 0 aliphatic carbocycles. The van der Waals surface area contributed by atoms with Crippen LogP contribution < -0.4 is 10.6 Å². The van der Waals surface area contributed by atoms with E-state index in [-0.39, 0.29) is 23.8 Å². The van der Waals surface area contributed by atoms with Crippen LogP contribution in [0.1, 0.15) is 24.0 Å². The van der Waals surface area contributed by atoms with E-state index in [1.807, 2.05) is 30.3 Å². The molecule has 1 saturated heterocycles. The van der Waals surface area contributed by atoms with Crippen LogP contribution in [-0.4, -0.2) is 35.4 Å². The van der Waals surface area contributed by atoms with Crippen molar-refractivity contribution >= 4 is 11.7 Å². The predicted molar refractivity (Wildman–Crippen MR) is 113 cm³/mol. The van der Waals surface area contributed by atoms with Gasteiger partial charge in [0.1, 0.15) is 17.4 Å². The van der Waals surface area contributed by atoms with Crippen LogP contribution in [-0.2, 0) is 15.1 Å². The standard InChI is InChI=1S/C23H22FN5O2/c24-19-8-6-18(7-9-19)23(10-12-31-13-11-23)26-16-21(30)28-22-17(14-25)15-27-29(22)20-4-2-1-3-5-20/h1-9,15,26H,10-13,16H2,(H,28,30). The first kappa shape index (κ1) is 20.7. The fraction of sp³-hybridized carbons (Fsp3) is 0.261. The second kappa shape index (κ2) is 9.08. The largest absolute Gasteiger partial charge is 0.381 e. The minimum absolute atomic E-state index is 0.0161. The van der Waals surface area contributed by atoms with Crippen molar-refractivity contribution in [1.29, 1.82) is 5.26 Å². The Bertz CT molecular complexity index is 1080. The van der Waals surface area contributed by atoms with Gasteiger partial charge in [-0.25, -0.2) is 9.07 Å². The predicted octanol–water partition coefficient (Wildman–Crippen LogP) is 3.12. The van der Waals surface area contributed by atoms with E-state index >= 15 is 0 Å². The smallest absolute Gasteiger partial charge is 0.239 e. The van der Waals surface area contributed by atoms with Crippen molar-refractivity contribution in [1.82, 2.24) is 15.1 Å². The quantitative estimate of drug-likeness (QED) is 0.641. The number of carbonyl (C=O) groups excluding carboxylic acids is 1. The molecule has 0 atom stereocenters. The second-order valence-corrected chi connectivity index (χ2v) is 7.37. The molecule has 31 heavy (non-hydrogen) atoms. The molecule has 0 bridgehead atoms. The molecule has 3 aromatic rings. The van der Waals surface area contributed by atoms with Gasteiger partial charge in [-0.05, 0) is 42.7 Å². The number of benzene rings is 2. The number of rotatable bonds is 6. The third-order valence-corrected chi connectivity index (χ3v) is 5.48. The summed E-state index contributed by atoms with van der Waals surface area (Å²) < 4.78 is 20.4. The summed E-state index contributed by atoms with van der Waals surface area (Å²) in [7, 11) is 0. The van der Waals surface area contributed by atoms with Gasteiger partial charge >= 0.3 is 0 Å². The number of amides is 1. The van der Waals surface area contributed by atoms with Crippen LogP contribution in [0.5, 0.6) is 0 Å². The van der Waals surface area contributed by atoms with Crippen molar-refractivity contribution in [2.45, 2.75) is 18.4 Å². The van der Waals surface area contributed by atoms with Gasteiger partial charge in [0.25, 0.3) is 0 Å². The molecule has 1 aromatic heterocycles. The highest BCUT2D eigenvalue weighted by atomic mass is 19.1. The fourth-order valence-corrected chi connectivity index (χ4v) is 3.80. The number of hydrogen-bond acceptors (Lipinski definition) is 5. The fourth-order valence-electron chi connectivity index (χ4n) is 3.80. The van der Waals surface area contributed by atoms with Gasteiger partial charge in [-0.2, -0.15) is 10.4 Å². The summed E-state index contributed by atoms with van der Waals surface area (Å²) in [6.07, 6.45) is 2.75. The van der Waals surface area contributed by atoms with Crippen LogP contribution in [0.15, 0.2) is 60.8 Å². The van der Waals surface area contributed by atoms with Gasteiger partial charge in [-0.1, -0.05) is 30.3 Å². The molecule has 0 spiro atoms. The molecule has 0 saturated carbocycles. The molecule has 1 aliphatic heterocycles. The third kappa shape index (κ3) is 4.48.